The van der Waals surface area contributed by atoms with Gasteiger partial charge in [-0.25, -0.2) is 0 Å². The Hall–Kier alpha value is -0.560. The number of hydrogen-bond donors (Lipinski definition) is 0. The van der Waals surface area contributed by atoms with E-state index < -0.39 is 0 Å². The largest absolute Gasteiger partial charge is 0.0802 e. The molecule has 15 heavy (non-hydrogen) atoms. The van der Waals surface area contributed by atoms with Crippen molar-refractivity contribution in [2.45, 2.75) is 33.1 Å². The molecule has 1 heteroatoms. The van der Waals surface area contributed by atoms with Gasteiger partial charge < -0.3 is 0 Å². The minimum absolute atomic E-state index is 0.499. The topological polar surface area (TPSA) is 0 Å². The van der Waals surface area contributed by atoms with Gasteiger partial charge in [-0.3, -0.25) is 0 Å². The lowest BCUT2D eigenvalue weighted by Crippen LogP contribution is -2.13. The van der Waals surface area contributed by atoms with Crippen LogP contribution >= 0.6 is 15.9 Å². The van der Waals surface area contributed by atoms with E-state index in [0.29, 0.717) is 5.41 Å². The Labute approximate surface area is 101 Å². The third-order valence-electron chi connectivity index (χ3n) is 3.19. The highest BCUT2D eigenvalue weighted by molar-refractivity contribution is 9.10. The SMILES string of the molecule is CC1(C)CC=C(c2ccc(Br)cc2)CC1. The Kier molecular flexibility index (Phi) is 3.01. The van der Waals surface area contributed by atoms with Crippen molar-refractivity contribution < 1.29 is 0 Å². The zero-order valence-electron chi connectivity index (χ0n) is 9.39. The predicted octanol–water partition coefficient (Wildman–Crippen LogP) is 5.04. The number of benzene rings is 1. The molecule has 1 aromatic rings. The first kappa shape index (κ1) is 10.9. The highest BCUT2D eigenvalue weighted by atomic mass is 79.9. The Morgan fingerprint density at radius 2 is 1.80 bits per heavy atom. The van der Waals surface area contributed by atoms with E-state index in [2.05, 4.69) is 60.1 Å². The van der Waals surface area contributed by atoms with Crippen LogP contribution in [0.4, 0.5) is 0 Å². The Morgan fingerprint density at radius 3 is 2.33 bits per heavy atom. The van der Waals surface area contributed by atoms with E-state index in [9.17, 15) is 0 Å². The lowest BCUT2D eigenvalue weighted by molar-refractivity contribution is 0.335. The van der Waals surface area contributed by atoms with Gasteiger partial charge in [-0.05, 0) is 47.9 Å². The normalized spacial score (nSPS) is 19.8. The number of halogens is 1. The molecule has 0 saturated heterocycles. The third-order valence-corrected chi connectivity index (χ3v) is 3.72. The van der Waals surface area contributed by atoms with Gasteiger partial charge in [-0.15, -0.1) is 0 Å². The molecular formula is C14H17Br. The molecule has 0 unspecified atom stereocenters. The van der Waals surface area contributed by atoms with Gasteiger partial charge >= 0.3 is 0 Å². The van der Waals surface area contributed by atoms with Crippen molar-refractivity contribution in [2.75, 3.05) is 0 Å². The summed E-state index contributed by atoms with van der Waals surface area (Å²) in [5.74, 6) is 0. The van der Waals surface area contributed by atoms with Crippen molar-refractivity contribution in [3.05, 3.63) is 40.4 Å². The van der Waals surface area contributed by atoms with Crippen molar-refractivity contribution in [3.63, 3.8) is 0 Å². The molecule has 0 N–H and O–H groups in total. The summed E-state index contributed by atoms with van der Waals surface area (Å²) in [6.45, 7) is 4.70. The van der Waals surface area contributed by atoms with Crippen molar-refractivity contribution in [1.82, 2.24) is 0 Å². The minimum atomic E-state index is 0.499. The van der Waals surface area contributed by atoms with Crippen molar-refractivity contribution in [3.8, 4) is 0 Å². The average molecular weight is 265 g/mol. The molecule has 0 spiro atoms. The van der Waals surface area contributed by atoms with E-state index in [1.54, 1.807) is 0 Å². The Morgan fingerprint density at radius 1 is 1.13 bits per heavy atom. The first-order valence-corrected chi connectivity index (χ1v) is 6.31. The Balaban J connectivity index is 2.19. The van der Waals surface area contributed by atoms with Crippen molar-refractivity contribution in [2.24, 2.45) is 5.41 Å². The minimum Gasteiger partial charge on any atom is -0.0802 e. The van der Waals surface area contributed by atoms with Crippen LogP contribution in [0.2, 0.25) is 0 Å². The van der Waals surface area contributed by atoms with Crippen molar-refractivity contribution >= 4 is 21.5 Å². The molecule has 0 atom stereocenters. The second-order valence-electron chi connectivity index (χ2n) is 5.10. The van der Waals surface area contributed by atoms with E-state index in [4.69, 9.17) is 0 Å². The number of rotatable bonds is 1. The predicted molar refractivity (Wildman–Crippen MR) is 69.8 cm³/mol. The van der Waals surface area contributed by atoms with Gasteiger partial charge in [0.2, 0.25) is 0 Å². The molecule has 0 nitrogen and oxygen atoms in total. The van der Waals surface area contributed by atoms with Crippen LogP contribution in [0.1, 0.15) is 38.7 Å². The maximum absolute atomic E-state index is 3.47. The Bertz CT molecular complexity index is 371. The second-order valence-corrected chi connectivity index (χ2v) is 6.02. The fourth-order valence-electron chi connectivity index (χ4n) is 2.00. The summed E-state index contributed by atoms with van der Waals surface area (Å²) in [6.07, 6.45) is 6.13. The van der Waals surface area contributed by atoms with Crippen LogP contribution in [-0.2, 0) is 0 Å². The smallest absolute Gasteiger partial charge is 0.0175 e. The third kappa shape index (κ3) is 2.72. The first-order chi connectivity index (χ1) is 7.07. The highest BCUT2D eigenvalue weighted by Crippen LogP contribution is 2.37. The fraction of sp³-hybridized carbons (Fsp3) is 0.429. The molecule has 0 bridgehead atoms. The van der Waals surface area contributed by atoms with E-state index in [1.807, 2.05) is 0 Å². The summed E-state index contributed by atoms with van der Waals surface area (Å²) in [5.41, 5.74) is 3.40. The van der Waals surface area contributed by atoms with Crippen LogP contribution in [0.3, 0.4) is 0 Å². The summed E-state index contributed by atoms with van der Waals surface area (Å²) in [7, 11) is 0. The van der Waals surface area contributed by atoms with Crippen molar-refractivity contribution in [1.29, 1.82) is 0 Å². The molecule has 0 radical (unpaired) electrons. The monoisotopic (exact) mass is 264 g/mol. The second kappa shape index (κ2) is 4.13. The summed E-state index contributed by atoms with van der Waals surface area (Å²) in [4.78, 5) is 0. The summed E-state index contributed by atoms with van der Waals surface area (Å²) in [6, 6.07) is 8.65. The van der Waals surface area contributed by atoms with Gasteiger partial charge in [0.05, 0.1) is 0 Å². The van der Waals surface area contributed by atoms with Gasteiger partial charge in [0.25, 0.3) is 0 Å². The molecular weight excluding hydrogens is 248 g/mol. The molecule has 80 valence electrons. The van der Waals surface area contributed by atoms with Crippen LogP contribution in [0.5, 0.6) is 0 Å². The maximum Gasteiger partial charge on any atom is 0.0175 e. The van der Waals surface area contributed by atoms with E-state index in [1.165, 1.54) is 30.4 Å². The number of allylic oxidation sites excluding steroid dienone is 2. The molecule has 0 heterocycles. The first-order valence-electron chi connectivity index (χ1n) is 5.52. The van der Waals surface area contributed by atoms with Gasteiger partial charge in [0.15, 0.2) is 0 Å². The zero-order valence-corrected chi connectivity index (χ0v) is 11.0. The molecule has 0 aromatic heterocycles. The lowest BCUT2D eigenvalue weighted by Gasteiger charge is -2.28. The molecule has 1 aliphatic rings. The maximum atomic E-state index is 3.47. The van der Waals surface area contributed by atoms with E-state index in [-0.39, 0.29) is 0 Å². The fourth-order valence-corrected chi connectivity index (χ4v) is 2.27. The molecule has 2 rings (SSSR count). The molecule has 0 fully saturated rings. The van der Waals surface area contributed by atoms with Gasteiger partial charge in [0.1, 0.15) is 0 Å². The quantitative estimate of drug-likeness (QED) is 0.667. The van der Waals surface area contributed by atoms with Crippen LogP contribution in [-0.4, -0.2) is 0 Å². The average Bonchev–Trinajstić information content (AvgIpc) is 2.20. The van der Waals surface area contributed by atoms with Crippen LogP contribution < -0.4 is 0 Å². The van der Waals surface area contributed by atoms with Gasteiger partial charge in [-0.1, -0.05) is 48.0 Å². The zero-order chi connectivity index (χ0) is 10.9. The molecule has 0 amide bonds. The van der Waals surface area contributed by atoms with Gasteiger partial charge in [0, 0.05) is 4.47 Å². The summed E-state index contributed by atoms with van der Waals surface area (Å²) in [5, 5.41) is 0. The lowest BCUT2D eigenvalue weighted by atomic mass is 9.77. The van der Waals surface area contributed by atoms with Crippen LogP contribution in [0.15, 0.2) is 34.8 Å². The number of hydrogen-bond acceptors (Lipinski definition) is 0. The van der Waals surface area contributed by atoms with E-state index in [0.717, 1.165) is 4.47 Å². The summed E-state index contributed by atoms with van der Waals surface area (Å²) >= 11 is 3.47. The van der Waals surface area contributed by atoms with E-state index >= 15 is 0 Å². The molecule has 1 aliphatic carbocycles. The molecule has 1 aromatic carbocycles. The van der Waals surface area contributed by atoms with Crippen LogP contribution in [0.25, 0.3) is 5.57 Å². The highest BCUT2D eigenvalue weighted by Gasteiger charge is 2.21. The van der Waals surface area contributed by atoms with Gasteiger partial charge in [-0.2, -0.15) is 0 Å². The standard InChI is InChI=1S/C14H17Br/c1-14(2)9-7-12(8-10-14)11-3-5-13(15)6-4-11/h3-7H,8-10H2,1-2H3. The summed E-state index contributed by atoms with van der Waals surface area (Å²) < 4.78 is 1.16. The molecule has 0 saturated carbocycles. The van der Waals surface area contributed by atoms with Crippen LogP contribution in [0, 0.1) is 5.41 Å². The molecule has 0 aliphatic heterocycles.